The van der Waals surface area contributed by atoms with E-state index in [0.717, 1.165) is 6.07 Å². The topological polar surface area (TPSA) is 62.9 Å². The molecule has 0 fully saturated rings. The first-order chi connectivity index (χ1) is 9.65. The number of anilines is 1. The summed E-state index contributed by atoms with van der Waals surface area (Å²) in [5.41, 5.74) is 5.81. The van der Waals surface area contributed by atoms with E-state index in [9.17, 15) is 4.39 Å². The average molecular weight is 308 g/mol. The normalized spacial score (nSPS) is 10.8. The number of halogens is 2. The van der Waals surface area contributed by atoms with Crippen molar-refractivity contribution < 1.29 is 23.3 Å². The predicted octanol–water partition coefficient (Wildman–Crippen LogP) is 2.12. The van der Waals surface area contributed by atoms with Crippen LogP contribution in [0.5, 0.6) is 5.75 Å². The first-order valence-corrected chi connectivity index (χ1v) is 6.54. The van der Waals surface area contributed by atoms with Crippen LogP contribution in [0.4, 0.5) is 10.1 Å². The molecule has 5 nitrogen and oxygen atoms in total. The quantitative estimate of drug-likeness (QED) is 0.530. The largest absolute Gasteiger partial charge is 0.489 e. The van der Waals surface area contributed by atoms with Gasteiger partial charge in [0.1, 0.15) is 18.2 Å². The molecule has 0 aliphatic rings. The third-order valence-electron chi connectivity index (χ3n) is 2.34. The van der Waals surface area contributed by atoms with Crippen LogP contribution in [0.15, 0.2) is 12.1 Å². The van der Waals surface area contributed by atoms with E-state index >= 15 is 0 Å². The van der Waals surface area contributed by atoms with Crippen LogP contribution in [0.2, 0.25) is 5.02 Å². The van der Waals surface area contributed by atoms with Crippen LogP contribution in [0.25, 0.3) is 0 Å². The minimum absolute atomic E-state index is 0.0262. The zero-order valence-corrected chi connectivity index (χ0v) is 12.1. The highest BCUT2D eigenvalue weighted by atomic mass is 35.5. The van der Waals surface area contributed by atoms with Gasteiger partial charge >= 0.3 is 0 Å². The number of ether oxygens (including phenoxy) is 4. The van der Waals surface area contributed by atoms with Crippen molar-refractivity contribution in [3.63, 3.8) is 0 Å². The van der Waals surface area contributed by atoms with Gasteiger partial charge in [-0.15, -0.1) is 0 Å². The zero-order chi connectivity index (χ0) is 14.8. The Morgan fingerprint density at radius 1 is 1.05 bits per heavy atom. The van der Waals surface area contributed by atoms with Gasteiger partial charge in [0, 0.05) is 19.2 Å². The summed E-state index contributed by atoms with van der Waals surface area (Å²) in [5.74, 6) is -0.225. The molecule has 0 spiro atoms. The Kier molecular flexibility index (Phi) is 8.29. The van der Waals surface area contributed by atoms with Gasteiger partial charge in [-0.1, -0.05) is 11.6 Å². The summed E-state index contributed by atoms with van der Waals surface area (Å²) >= 11 is 5.64. The summed E-state index contributed by atoms with van der Waals surface area (Å²) in [5, 5.41) is -0.0262. The second-order valence-corrected chi connectivity index (χ2v) is 4.28. The second kappa shape index (κ2) is 9.77. The maximum Gasteiger partial charge on any atom is 0.144 e. The van der Waals surface area contributed by atoms with Crippen LogP contribution in [0, 0.1) is 5.82 Å². The van der Waals surface area contributed by atoms with E-state index in [2.05, 4.69) is 0 Å². The van der Waals surface area contributed by atoms with Crippen LogP contribution in [-0.2, 0) is 14.2 Å². The Labute approximate surface area is 122 Å². The maximum absolute atomic E-state index is 13.1. The molecule has 1 aromatic rings. The summed E-state index contributed by atoms with van der Waals surface area (Å²) in [7, 11) is 1.62. The van der Waals surface area contributed by atoms with Crippen LogP contribution in [0.3, 0.4) is 0 Å². The Balaban J connectivity index is 2.11. The first kappa shape index (κ1) is 17.0. The number of rotatable bonds is 10. The van der Waals surface area contributed by atoms with Gasteiger partial charge in [0.05, 0.1) is 43.7 Å². The molecule has 114 valence electrons. The van der Waals surface area contributed by atoms with Crippen molar-refractivity contribution >= 4 is 17.3 Å². The lowest BCUT2D eigenvalue weighted by atomic mass is 10.3. The van der Waals surface area contributed by atoms with Crippen molar-refractivity contribution in [2.45, 2.75) is 0 Å². The summed E-state index contributed by atoms with van der Waals surface area (Å²) in [4.78, 5) is 0. The van der Waals surface area contributed by atoms with Gasteiger partial charge in [-0.3, -0.25) is 0 Å². The molecule has 0 radical (unpaired) electrons. The molecule has 7 heteroatoms. The van der Waals surface area contributed by atoms with E-state index in [1.54, 1.807) is 7.11 Å². The monoisotopic (exact) mass is 307 g/mol. The van der Waals surface area contributed by atoms with Crippen LogP contribution in [-0.4, -0.2) is 46.8 Å². The molecule has 2 N–H and O–H groups in total. The molecule has 0 bridgehead atoms. The SMILES string of the molecule is COCCOCCOCCOc1cc(Cl)c(F)cc1N. The van der Waals surface area contributed by atoms with E-state index in [0.29, 0.717) is 45.4 Å². The average Bonchev–Trinajstić information content (AvgIpc) is 2.42. The number of hydrogen-bond donors (Lipinski definition) is 1. The number of nitrogen functional groups attached to an aromatic ring is 1. The van der Waals surface area contributed by atoms with E-state index in [1.807, 2.05) is 0 Å². The predicted molar refractivity (Wildman–Crippen MR) is 74.8 cm³/mol. The molecule has 0 aromatic heterocycles. The molecule has 0 unspecified atom stereocenters. The molecule has 1 rings (SSSR count). The van der Waals surface area contributed by atoms with Crippen molar-refractivity contribution in [1.29, 1.82) is 0 Å². The summed E-state index contributed by atoms with van der Waals surface area (Å²) in [6.07, 6.45) is 0. The van der Waals surface area contributed by atoms with E-state index < -0.39 is 5.82 Å². The minimum atomic E-state index is -0.569. The lowest BCUT2D eigenvalue weighted by Crippen LogP contribution is -2.12. The van der Waals surface area contributed by atoms with Gasteiger partial charge in [0.25, 0.3) is 0 Å². The highest BCUT2D eigenvalue weighted by Gasteiger charge is 2.07. The fourth-order valence-electron chi connectivity index (χ4n) is 1.34. The maximum atomic E-state index is 13.1. The van der Waals surface area contributed by atoms with Crippen LogP contribution < -0.4 is 10.5 Å². The zero-order valence-electron chi connectivity index (χ0n) is 11.4. The Hall–Kier alpha value is -1.08. The Morgan fingerprint density at radius 3 is 2.30 bits per heavy atom. The highest BCUT2D eigenvalue weighted by molar-refractivity contribution is 6.31. The lowest BCUT2D eigenvalue weighted by molar-refractivity contribution is 0.0180. The van der Waals surface area contributed by atoms with E-state index in [1.165, 1.54) is 6.07 Å². The summed E-state index contributed by atoms with van der Waals surface area (Å²) in [6, 6.07) is 2.47. The van der Waals surface area contributed by atoms with Crippen molar-refractivity contribution in [2.75, 3.05) is 52.5 Å². The van der Waals surface area contributed by atoms with Gasteiger partial charge in [-0.05, 0) is 0 Å². The third-order valence-corrected chi connectivity index (χ3v) is 2.63. The van der Waals surface area contributed by atoms with Crippen LogP contribution >= 0.6 is 11.6 Å². The minimum Gasteiger partial charge on any atom is -0.489 e. The molecule has 0 aliphatic heterocycles. The smallest absolute Gasteiger partial charge is 0.144 e. The molecule has 0 atom stereocenters. The summed E-state index contributed by atoms with van der Waals surface area (Å²) < 4.78 is 33.8. The van der Waals surface area contributed by atoms with Gasteiger partial charge in [0.2, 0.25) is 0 Å². The van der Waals surface area contributed by atoms with Gasteiger partial charge in [-0.2, -0.15) is 0 Å². The molecule has 0 heterocycles. The highest BCUT2D eigenvalue weighted by Crippen LogP contribution is 2.28. The number of nitrogens with two attached hydrogens (primary N) is 1. The fraction of sp³-hybridized carbons (Fsp3) is 0.538. The van der Waals surface area contributed by atoms with Crippen molar-refractivity contribution in [2.24, 2.45) is 0 Å². The summed E-state index contributed by atoms with van der Waals surface area (Å²) in [6.45, 7) is 2.74. The molecule has 0 saturated heterocycles. The molecule has 1 aromatic carbocycles. The molecule has 0 amide bonds. The van der Waals surface area contributed by atoms with Crippen molar-refractivity contribution in [3.05, 3.63) is 23.0 Å². The van der Waals surface area contributed by atoms with E-state index in [-0.39, 0.29) is 10.7 Å². The first-order valence-electron chi connectivity index (χ1n) is 6.17. The molecular formula is C13H19ClFNO4. The molecular weight excluding hydrogens is 289 g/mol. The van der Waals surface area contributed by atoms with Crippen molar-refractivity contribution in [3.8, 4) is 5.75 Å². The Bertz CT molecular complexity index is 406. The fourth-order valence-corrected chi connectivity index (χ4v) is 1.50. The van der Waals surface area contributed by atoms with E-state index in [4.69, 9.17) is 36.3 Å². The lowest BCUT2D eigenvalue weighted by Gasteiger charge is -2.10. The Morgan fingerprint density at radius 2 is 1.65 bits per heavy atom. The molecule has 20 heavy (non-hydrogen) atoms. The number of hydrogen-bond acceptors (Lipinski definition) is 5. The number of benzene rings is 1. The van der Waals surface area contributed by atoms with Gasteiger partial charge in [-0.25, -0.2) is 4.39 Å². The number of methoxy groups -OCH3 is 1. The third kappa shape index (κ3) is 6.38. The van der Waals surface area contributed by atoms with Crippen molar-refractivity contribution in [1.82, 2.24) is 0 Å². The van der Waals surface area contributed by atoms with Crippen LogP contribution in [0.1, 0.15) is 0 Å². The second-order valence-electron chi connectivity index (χ2n) is 3.87. The van der Waals surface area contributed by atoms with Gasteiger partial charge in [0.15, 0.2) is 0 Å². The molecule has 0 aliphatic carbocycles. The molecule has 0 saturated carbocycles. The standard InChI is InChI=1S/C13H19ClFNO4/c1-17-2-3-18-4-5-19-6-7-20-13-8-10(14)11(15)9-12(13)16/h8-9H,2-7,16H2,1H3. The van der Waals surface area contributed by atoms with Gasteiger partial charge < -0.3 is 24.7 Å².